The van der Waals surface area contributed by atoms with E-state index in [1.54, 1.807) is 7.11 Å². The number of methoxy groups -OCH3 is 1. The maximum atomic E-state index is 5.73. The first kappa shape index (κ1) is 13.9. The van der Waals surface area contributed by atoms with Crippen molar-refractivity contribution < 1.29 is 9.47 Å². The van der Waals surface area contributed by atoms with Gasteiger partial charge in [-0.05, 0) is 30.1 Å². The van der Waals surface area contributed by atoms with E-state index in [0.29, 0.717) is 19.1 Å². The lowest BCUT2D eigenvalue weighted by atomic mass is 9.89. The number of hydrogen-bond acceptors (Lipinski definition) is 2. The fourth-order valence-electron chi connectivity index (χ4n) is 2.36. The molecule has 2 rings (SSSR count). The molecule has 1 unspecified atom stereocenters. The Labute approximate surface area is 115 Å². The highest BCUT2D eigenvalue weighted by atomic mass is 16.5. The Bertz CT molecular complexity index is 434. The summed E-state index contributed by atoms with van der Waals surface area (Å²) in [5.74, 6) is 1.49. The Kier molecular flexibility index (Phi) is 5.22. The summed E-state index contributed by atoms with van der Waals surface area (Å²) >= 11 is 0. The van der Waals surface area contributed by atoms with Crippen molar-refractivity contribution in [2.75, 3.05) is 13.7 Å². The normalized spacial score (nSPS) is 18.8. The van der Waals surface area contributed by atoms with E-state index in [0.717, 1.165) is 24.2 Å². The zero-order chi connectivity index (χ0) is 13.5. The van der Waals surface area contributed by atoms with Gasteiger partial charge in [0.15, 0.2) is 0 Å². The van der Waals surface area contributed by atoms with Crippen LogP contribution >= 0.6 is 0 Å². The van der Waals surface area contributed by atoms with Crippen LogP contribution in [0.1, 0.15) is 24.8 Å². The van der Waals surface area contributed by atoms with Gasteiger partial charge in [0.1, 0.15) is 0 Å². The van der Waals surface area contributed by atoms with E-state index in [1.807, 2.05) is 18.2 Å². The Balaban J connectivity index is 1.78. The van der Waals surface area contributed by atoms with Crippen LogP contribution in [-0.4, -0.2) is 13.7 Å². The maximum absolute atomic E-state index is 5.73. The minimum Gasteiger partial charge on any atom is -0.501 e. The summed E-state index contributed by atoms with van der Waals surface area (Å²) < 4.78 is 11.1. The Morgan fingerprint density at radius 3 is 2.84 bits per heavy atom. The molecule has 1 aromatic carbocycles. The molecule has 1 aliphatic rings. The molecule has 0 bridgehead atoms. The molecule has 0 saturated heterocycles. The Morgan fingerprint density at radius 2 is 2.11 bits per heavy atom. The summed E-state index contributed by atoms with van der Waals surface area (Å²) in [4.78, 5) is 0. The Morgan fingerprint density at radius 1 is 1.32 bits per heavy atom. The Hall–Kier alpha value is -1.54. The molecule has 1 aliphatic carbocycles. The van der Waals surface area contributed by atoms with Crippen LogP contribution in [0.3, 0.4) is 0 Å². The molecule has 102 valence electrons. The van der Waals surface area contributed by atoms with Gasteiger partial charge in [0.05, 0.1) is 26.1 Å². The first-order chi connectivity index (χ1) is 9.29. The molecule has 0 N–H and O–H groups in total. The van der Waals surface area contributed by atoms with Crippen LogP contribution in [0.25, 0.3) is 0 Å². The van der Waals surface area contributed by atoms with Crippen molar-refractivity contribution in [3.8, 4) is 0 Å². The molecule has 0 aliphatic heterocycles. The quantitative estimate of drug-likeness (QED) is 0.715. The van der Waals surface area contributed by atoms with Crippen molar-refractivity contribution in [3.63, 3.8) is 0 Å². The van der Waals surface area contributed by atoms with Crippen molar-refractivity contribution in [1.29, 1.82) is 0 Å². The fourth-order valence-corrected chi connectivity index (χ4v) is 2.36. The van der Waals surface area contributed by atoms with Crippen molar-refractivity contribution >= 4 is 0 Å². The summed E-state index contributed by atoms with van der Waals surface area (Å²) in [5, 5.41) is 0. The third kappa shape index (κ3) is 4.25. The molecule has 0 fully saturated rings. The highest BCUT2D eigenvalue weighted by molar-refractivity contribution is 5.16. The summed E-state index contributed by atoms with van der Waals surface area (Å²) in [6.45, 7) is 5.42. The molecule has 0 radical (unpaired) electrons. The van der Waals surface area contributed by atoms with Gasteiger partial charge in [-0.25, -0.2) is 0 Å². The minimum absolute atomic E-state index is 0.402. The van der Waals surface area contributed by atoms with Gasteiger partial charge in [0, 0.05) is 12.3 Å². The average Bonchev–Trinajstić information content (AvgIpc) is 2.48. The highest BCUT2D eigenvalue weighted by Crippen LogP contribution is 2.28. The summed E-state index contributed by atoms with van der Waals surface area (Å²) in [5.41, 5.74) is 2.34. The third-order valence-electron chi connectivity index (χ3n) is 3.51. The van der Waals surface area contributed by atoms with E-state index in [4.69, 9.17) is 9.47 Å². The molecule has 1 aromatic rings. The van der Waals surface area contributed by atoms with E-state index in [2.05, 4.69) is 24.8 Å². The van der Waals surface area contributed by atoms with Gasteiger partial charge in [-0.15, -0.1) is 0 Å². The molecular weight excluding hydrogens is 236 g/mol. The van der Waals surface area contributed by atoms with Crippen LogP contribution < -0.4 is 0 Å². The second kappa shape index (κ2) is 7.15. The SMILES string of the molecule is C=C(COCc1ccccc1)C1C=C(OC)CCC1. The summed E-state index contributed by atoms with van der Waals surface area (Å²) in [7, 11) is 1.74. The van der Waals surface area contributed by atoms with Gasteiger partial charge in [-0.3, -0.25) is 0 Å². The topological polar surface area (TPSA) is 18.5 Å². The number of allylic oxidation sites excluding steroid dienone is 2. The van der Waals surface area contributed by atoms with E-state index >= 15 is 0 Å². The summed E-state index contributed by atoms with van der Waals surface area (Å²) in [6, 6.07) is 10.2. The van der Waals surface area contributed by atoms with Crippen molar-refractivity contribution in [2.45, 2.75) is 25.9 Å². The molecule has 19 heavy (non-hydrogen) atoms. The number of ether oxygens (including phenoxy) is 2. The van der Waals surface area contributed by atoms with Crippen LogP contribution in [-0.2, 0) is 16.1 Å². The largest absolute Gasteiger partial charge is 0.501 e. The van der Waals surface area contributed by atoms with E-state index in [9.17, 15) is 0 Å². The molecule has 2 heteroatoms. The molecule has 1 atom stereocenters. The molecular formula is C17H22O2. The second-order valence-electron chi connectivity index (χ2n) is 4.97. The van der Waals surface area contributed by atoms with Crippen molar-refractivity contribution in [2.24, 2.45) is 5.92 Å². The first-order valence-corrected chi connectivity index (χ1v) is 6.83. The van der Waals surface area contributed by atoms with Gasteiger partial charge < -0.3 is 9.47 Å². The van der Waals surface area contributed by atoms with E-state index < -0.39 is 0 Å². The highest BCUT2D eigenvalue weighted by Gasteiger charge is 2.16. The van der Waals surface area contributed by atoms with Gasteiger partial charge in [0.2, 0.25) is 0 Å². The van der Waals surface area contributed by atoms with Crippen LogP contribution in [0.2, 0.25) is 0 Å². The van der Waals surface area contributed by atoms with Crippen LogP contribution in [0.4, 0.5) is 0 Å². The second-order valence-corrected chi connectivity index (χ2v) is 4.97. The zero-order valence-electron chi connectivity index (χ0n) is 11.6. The van der Waals surface area contributed by atoms with Gasteiger partial charge in [0.25, 0.3) is 0 Å². The van der Waals surface area contributed by atoms with Crippen molar-refractivity contribution in [1.82, 2.24) is 0 Å². The lowest BCUT2D eigenvalue weighted by molar-refractivity contribution is 0.137. The standard InChI is InChI=1S/C17H22O2/c1-14(16-9-6-10-17(11-16)18-2)12-19-13-15-7-4-3-5-8-15/h3-5,7-8,11,16H,1,6,9-10,12-13H2,2H3. The zero-order valence-corrected chi connectivity index (χ0v) is 11.6. The molecule has 0 aromatic heterocycles. The first-order valence-electron chi connectivity index (χ1n) is 6.83. The minimum atomic E-state index is 0.402. The smallest absolute Gasteiger partial charge is 0.0921 e. The van der Waals surface area contributed by atoms with Crippen LogP contribution in [0.5, 0.6) is 0 Å². The van der Waals surface area contributed by atoms with Crippen molar-refractivity contribution in [3.05, 3.63) is 59.9 Å². The maximum Gasteiger partial charge on any atom is 0.0921 e. The molecule has 0 heterocycles. The molecule has 0 saturated carbocycles. The fraction of sp³-hybridized carbons (Fsp3) is 0.412. The van der Waals surface area contributed by atoms with Crippen LogP contribution in [0.15, 0.2) is 54.3 Å². The van der Waals surface area contributed by atoms with Gasteiger partial charge in [-0.1, -0.05) is 36.9 Å². The predicted octanol–water partition coefficient (Wildman–Crippen LogP) is 4.09. The van der Waals surface area contributed by atoms with E-state index in [-0.39, 0.29) is 0 Å². The molecule has 0 amide bonds. The number of hydrogen-bond donors (Lipinski definition) is 0. The summed E-state index contributed by atoms with van der Waals surface area (Å²) in [6.07, 6.45) is 5.56. The lowest BCUT2D eigenvalue weighted by Crippen LogP contribution is -2.11. The molecule has 0 spiro atoms. The third-order valence-corrected chi connectivity index (χ3v) is 3.51. The van der Waals surface area contributed by atoms with Crippen LogP contribution in [0, 0.1) is 5.92 Å². The lowest BCUT2D eigenvalue weighted by Gasteiger charge is -2.22. The van der Waals surface area contributed by atoms with Gasteiger partial charge >= 0.3 is 0 Å². The number of rotatable bonds is 6. The molecule has 2 nitrogen and oxygen atoms in total. The number of benzene rings is 1. The monoisotopic (exact) mass is 258 g/mol. The van der Waals surface area contributed by atoms with E-state index in [1.165, 1.54) is 12.0 Å². The predicted molar refractivity (Wildman–Crippen MR) is 77.7 cm³/mol. The van der Waals surface area contributed by atoms with Gasteiger partial charge in [-0.2, -0.15) is 0 Å². The average molecular weight is 258 g/mol.